The van der Waals surface area contributed by atoms with Crippen molar-refractivity contribution in [3.8, 4) is 0 Å². The molecule has 108 valence electrons. The summed E-state index contributed by atoms with van der Waals surface area (Å²) in [6.45, 7) is 7.14. The highest BCUT2D eigenvalue weighted by atomic mass is 15.3. The number of aromatic nitrogens is 4. The Hall–Kier alpha value is -1.62. The fourth-order valence-corrected chi connectivity index (χ4v) is 2.66. The molecule has 1 aliphatic rings. The van der Waals surface area contributed by atoms with E-state index in [-0.39, 0.29) is 0 Å². The van der Waals surface area contributed by atoms with E-state index < -0.39 is 0 Å². The minimum Gasteiger partial charge on any atom is -0.346 e. The summed E-state index contributed by atoms with van der Waals surface area (Å²) >= 11 is 0. The van der Waals surface area contributed by atoms with E-state index in [2.05, 4.69) is 57.0 Å². The van der Waals surface area contributed by atoms with E-state index in [0.717, 1.165) is 37.7 Å². The third-order valence-corrected chi connectivity index (χ3v) is 3.79. The molecule has 0 bridgehead atoms. The third-order valence-electron chi connectivity index (χ3n) is 3.79. The molecule has 20 heavy (non-hydrogen) atoms. The number of hydrogen-bond donors (Lipinski definition) is 1. The Morgan fingerprint density at radius 2 is 2.20 bits per heavy atom. The van der Waals surface area contributed by atoms with Crippen molar-refractivity contribution in [3.63, 3.8) is 0 Å². The Kier molecular flexibility index (Phi) is 3.87. The number of nitrogens with one attached hydrogen (secondary N) is 1. The summed E-state index contributed by atoms with van der Waals surface area (Å²) in [6, 6.07) is 2.69. The van der Waals surface area contributed by atoms with Gasteiger partial charge in [0.2, 0.25) is 0 Å². The average Bonchev–Trinajstić information content (AvgIpc) is 3.05. The molecule has 5 nitrogen and oxygen atoms in total. The molecule has 0 spiro atoms. The second-order valence-corrected chi connectivity index (χ2v) is 5.87. The van der Waals surface area contributed by atoms with Crippen molar-refractivity contribution in [2.24, 2.45) is 0 Å². The third kappa shape index (κ3) is 2.93. The fourth-order valence-electron chi connectivity index (χ4n) is 2.66. The maximum Gasteiger partial charge on any atom is 0.152 e. The quantitative estimate of drug-likeness (QED) is 0.906. The normalized spacial score (nSPS) is 14.8. The van der Waals surface area contributed by atoms with Crippen molar-refractivity contribution in [3.05, 3.63) is 35.7 Å². The Morgan fingerprint density at radius 1 is 1.30 bits per heavy atom. The zero-order valence-electron chi connectivity index (χ0n) is 12.3. The SMILES string of the molecule is CC(C)NCc1ccn(Cc2nnc3n2CCCC3)c1. The molecule has 5 heteroatoms. The van der Waals surface area contributed by atoms with Crippen LogP contribution in [0.15, 0.2) is 18.5 Å². The molecule has 0 aromatic carbocycles. The average molecular weight is 273 g/mol. The summed E-state index contributed by atoms with van der Waals surface area (Å²) in [5, 5.41) is 12.1. The van der Waals surface area contributed by atoms with E-state index in [9.17, 15) is 0 Å². The Labute approximate surface area is 120 Å². The summed E-state index contributed by atoms with van der Waals surface area (Å²) in [5.74, 6) is 2.23. The van der Waals surface area contributed by atoms with Crippen LogP contribution in [0.25, 0.3) is 0 Å². The zero-order valence-corrected chi connectivity index (χ0v) is 12.3. The number of aryl methyl sites for hydroxylation is 1. The van der Waals surface area contributed by atoms with E-state index in [4.69, 9.17) is 0 Å². The van der Waals surface area contributed by atoms with Crippen molar-refractivity contribution in [2.75, 3.05) is 0 Å². The van der Waals surface area contributed by atoms with Crippen LogP contribution in [0.3, 0.4) is 0 Å². The second-order valence-electron chi connectivity index (χ2n) is 5.87. The summed E-state index contributed by atoms with van der Waals surface area (Å²) in [4.78, 5) is 0. The van der Waals surface area contributed by atoms with Crippen LogP contribution in [-0.4, -0.2) is 25.4 Å². The predicted octanol–water partition coefficient (Wildman–Crippen LogP) is 1.96. The van der Waals surface area contributed by atoms with Gasteiger partial charge in [-0.2, -0.15) is 0 Å². The molecule has 0 amide bonds. The smallest absolute Gasteiger partial charge is 0.152 e. The highest BCUT2D eigenvalue weighted by molar-refractivity contribution is 5.11. The molecule has 0 saturated carbocycles. The largest absolute Gasteiger partial charge is 0.346 e. The molecule has 0 aliphatic carbocycles. The van der Waals surface area contributed by atoms with Crippen molar-refractivity contribution < 1.29 is 0 Å². The molecule has 3 rings (SSSR count). The van der Waals surface area contributed by atoms with E-state index in [1.807, 2.05) is 0 Å². The first-order valence-corrected chi connectivity index (χ1v) is 7.51. The summed E-state index contributed by atoms with van der Waals surface area (Å²) in [6.07, 6.45) is 7.88. The number of hydrogen-bond acceptors (Lipinski definition) is 3. The molecule has 0 atom stereocenters. The Balaban J connectivity index is 1.67. The Bertz CT molecular complexity index is 567. The van der Waals surface area contributed by atoms with Crippen LogP contribution in [-0.2, 0) is 26.1 Å². The minimum atomic E-state index is 0.516. The van der Waals surface area contributed by atoms with Gasteiger partial charge in [0.05, 0.1) is 6.54 Å². The lowest BCUT2D eigenvalue weighted by atomic mass is 10.2. The molecule has 1 aliphatic heterocycles. The molecule has 2 aromatic rings. The monoisotopic (exact) mass is 273 g/mol. The molecular formula is C15H23N5. The lowest BCUT2D eigenvalue weighted by Crippen LogP contribution is -2.21. The second kappa shape index (κ2) is 5.79. The van der Waals surface area contributed by atoms with Crippen molar-refractivity contribution >= 4 is 0 Å². The predicted molar refractivity (Wildman–Crippen MR) is 78.5 cm³/mol. The standard InChI is InChI=1S/C15H23N5/c1-12(2)16-9-13-6-8-19(10-13)11-15-18-17-14-5-3-4-7-20(14)15/h6,8,10,12,16H,3-5,7,9,11H2,1-2H3. The lowest BCUT2D eigenvalue weighted by Gasteiger charge is -2.14. The van der Waals surface area contributed by atoms with Gasteiger partial charge in [0.15, 0.2) is 5.82 Å². The topological polar surface area (TPSA) is 47.7 Å². The van der Waals surface area contributed by atoms with E-state index in [1.54, 1.807) is 0 Å². The van der Waals surface area contributed by atoms with Crippen LogP contribution >= 0.6 is 0 Å². The van der Waals surface area contributed by atoms with Gasteiger partial charge in [-0.15, -0.1) is 10.2 Å². The maximum absolute atomic E-state index is 4.35. The van der Waals surface area contributed by atoms with Gasteiger partial charge >= 0.3 is 0 Å². The molecule has 0 fully saturated rings. The van der Waals surface area contributed by atoms with Crippen LogP contribution in [0.4, 0.5) is 0 Å². The van der Waals surface area contributed by atoms with Gasteiger partial charge in [-0.05, 0) is 24.5 Å². The van der Waals surface area contributed by atoms with Gasteiger partial charge in [0.25, 0.3) is 0 Å². The molecule has 1 N–H and O–H groups in total. The first-order valence-electron chi connectivity index (χ1n) is 7.51. The van der Waals surface area contributed by atoms with Crippen LogP contribution < -0.4 is 5.32 Å². The molecule has 3 heterocycles. The maximum atomic E-state index is 4.35. The van der Waals surface area contributed by atoms with Gasteiger partial charge in [0.1, 0.15) is 5.82 Å². The van der Waals surface area contributed by atoms with E-state index in [0.29, 0.717) is 6.04 Å². The van der Waals surface area contributed by atoms with Crippen LogP contribution in [0.5, 0.6) is 0 Å². The summed E-state index contributed by atoms with van der Waals surface area (Å²) in [7, 11) is 0. The highest BCUT2D eigenvalue weighted by Crippen LogP contribution is 2.15. The van der Waals surface area contributed by atoms with Crippen molar-refractivity contribution in [1.82, 2.24) is 24.6 Å². The van der Waals surface area contributed by atoms with Crippen molar-refractivity contribution in [1.29, 1.82) is 0 Å². The summed E-state index contributed by atoms with van der Waals surface area (Å²) < 4.78 is 4.48. The van der Waals surface area contributed by atoms with Gasteiger partial charge in [-0.1, -0.05) is 13.8 Å². The molecule has 0 unspecified atom stereocenters. The Morgan fingerprint density at radius 3 is 3.05 bits per heavy atom. The van der Waals surface area contributed by atoms with Crippen LogP contribution in [0.2, 0.25) is 0 Å². The summed E-state index contributed by atoms with van der Waals surface area (Å²) in [5.41, 5.74) is 1.32. The molecule has 0 radical (unpaired) electrons. The minimum absolute atomic E-state index is 0.516. The van der Waals surface area contributed by atoms with E-state index in [1.165, 1.54) is 18.4 Å². The number of fused-ring (bicyclic) bond motifs is 1. The van der Waals surface area contributed by atoms with Gasteiger partial charge < -0.3 is 14.5 Å². The first-order chi connectivity index (χ1) is 9.72. The highest BCUT2D eigenvalue weighted by Gasteiger charge is 2.15. The van der Waals surface area contributed by atoms with Crippen LogP contribution in [0, 0.1) is 0 Å². The lowest BCUT2D eigenvalue weighted by molar-refractivity contribution is 0.501. The van der Waals surface area contributed by atoms with Crippen molar-refractivity contribution in [2.45, 2.75) is 58.8 Å². The zero-order chi connectivity index (χ0) is 13.9. The van der Waals surface area contributed by atoms with E-state index >= 15 is 0 Å². The number of rotatable bonds is 5. The fraction of sp³-hybridized carbons (Fsp3) is 0.600. The number of nitrogens with zero attached hydrogens (tertiary/aromatic N) is 4. The van der Waals surface area contributed by atoms with Crippen LogP contribution in [0.1, 0.15) is 43.9 Å². The molecule has 2 aromatic heterocycles. The molecule has 0 saturated heterocycles. The van der Waals surface area contributed by atoms with Gasteiger partial charge in [0, 0.05) is 37.9 Å². The van der Waals surface area contributed by atoms with Gasteiger partial charge in [-0.25, -0.2) is 0 Å². The molecular weight excluding hydrogens is 250 g/mol. The first kappa shape index (κ1) is 13.4. The van der Waals surface area contributed by atoms with Gasteiger partial charge in [-0.3, -0.25) is 0 Å².